The summed E-state index contributed by atoms with van der Waals surface area (Å²) < 4.78 is 1.90. The number of rotatable bonds is 4. The first-order valence-corrected chi connectivity index (χ1v) is 11.0. The smallest absolute Gasteiger partial charge is 0.223 e. The third-order valence-corrected chi connectivity index (χ3v) is 7.03. The van der Waals surface area contributed by atoms with E-state index in [-0.39, 0.29) is 11.8 Å². The number of hydrogen-bond acceptors (Lipinski definition) is 7. The molecule has 5 rings (SSSR count). The van der Waals surface area contributed by atoms with Crippen LogP contribution in [0.2, 0.25) is 0 Å². The van der Waals surface area contributed by atoms with Gasteiger partial charge in [0.2, 0.25) is 5.91 Å². The lowest BCUT2D eigenvalue weighted by atomic mass is 9.95. The van der Waals surface area contributed by atoms with Gasteiger partial charge in [0, 0.05) is 30.1 Å². The van der Waals surface area contributed by atoms with Crippen molar-refractivity contribution in [2.45, 2.75) is 33.2 Å². The highest BCUT2D eigenvalue weighted by Gasteiger charge is 2.27. The lowest BCUT2D eigenvalue weighted by Crippen LogP contribution is -2.41. The fourth-order valence-corrected chi connectivity index (χ4v) is 5.07. The second-order valence-electron chi connectivity index (χ2n) is 7.68. The minimum atomic E-state index is 0.00284. The molecule has 1 saturated heterocycles. The van der Waals surface area contributed by atoms with Crippen molar-refractivity contribution in [2.24, 2.45) is 5.92 Å². The van der Waals surface area contributed by atoms with E-state index in [1.807, 2.05) is 28.8 Å². The molecule has 4 aromatic heterocycles. The van der Waals surface area contributed by atoms with Crippen molar-refractivity contribution < 1.29 is 4.79 Å². The molecule has 9 heteroatoms. The molecule has 0 radical (unpaired) electrons. The number of fused-ring (bicyclic) bond motifs is 2. The predicted octanol–water partition coefficient (Wildman–Crippen LogP) is 2.88. The molecule has 30 heavy (non-hydrogen) atoms. The Morgan fingerprint density at radius 3 is 2.87 bits per heavy atom. The lowest BCUT2D eigenvalue weighted by Gasteiger charge is -2.32. The number of piperidine rings is 1. The van der Waals surface area contributed by atoms with Crippen LogP contribution in [0.15, 0.2) is 30.7 Å². The maximum Gasteiger partial charge on any atom is 0.223 e. The second-order valence-corrected chi connectivity index (χ2v) is 8.89. The first-order valence-electron chi connectivity index (χ1n) is 10.1. The number of carbonyl (C=O) groups excluding carboxylic acids is 1. The summed E-state index contributed by atoms with van der Waals surface area (Å²) in [6, 6.07) is 5.75. The van der Waals surface area contributed by atoms with Crippen LogP contribution in [0.1, 0.15) is 29.1 Å². The Morgan fingerprint density at radius 1 is 1.20 bits per heavy atom. The van der Waals surface area contributed by atoms with Gasteiger partial charge in [-0.1, -0.05) is 6.07 Å². The molecular weight excluding hydrogens is 398 g/mol. The first-order chi connectivity index (χ1) is 14.6. The van der Waals surface area contributed by atoms with Crippen molar-refractivity contribution in [2.75, 3.05) is 18.0 Å². The van der Waals surface area contributed by atoms with Gasteiger partial charge in [-0.05, 0) is 44.4 Å². The Balaban J connectivity index is 1.23. The van der Waals surface area contributed by atoms with Crippen LogP contribution < -0.4 is 10.2 Å². The number of nitrogens with one attached hydrogen (secondary N) is 1. The molecule has 1 aliphatic heterocycles. The minimum Gasteiger partial charge on any atom is -0.356 e. The molecule has 1 amide bonds. The van der Waals surface area contributed by atoms with Crippen LogP contribution >= 0.6 is 11.3 Å². The van der Waals surface area contributed by atoms with Crippen LogP contribution in [0.5, 0.6) is 0 Å². The van der Waals surface area contributed by atoms with Gasteiger partial charge >= 0.3 is 0 Å². The molecule has 8 nitrogen and oxygen atoms in total. The van der Waals surface area contributed by atoms with E-state index in [0.717, 1.165) is 53.4 Å². The molecule has 0 saturated carbocycles. The van der Waals surface area contributed by atoms with Crippen molar-refractivity contribution in [3.8, 4) is 0 Å². The molecule has 0 aliphatic carbocycles. The quantitative estimate of drug-likeness (QED) is 0.545. The zero-order chi connectivity index (χ0) is 20.7. The van der Waals surface area contributed by atoms with Gasteiger partial charge < -0.3 is 10.2 Å². The maximum absolute atomic E-state index is 12.7. The monoisotopic (exact) mass is 421 g/mol. The Kier molecular flexibility index (Phi) is 4.82. The van der Waals surface area contributed by atoms with Crippen molar-refractivity contribution in [3.05, 3.63) is 47.0 Å². The number of aromatic nitrogens is 5. The molecule has 4 aromatic rings. The van der Waals surface area contributed by atoms with Crippen LogP contribution in [-0.2, 0) is 11.3 Å². The maximum atomic E-state index is 12.7. The van der Waals surface area contributed by atoms with Gasteiger partial charge in [0.15, 0.2) is 11.5 Å². The Bertz CT molecular complexity index is 1220. The largest absolute Gasteiger partial charge is 0.356 e. The van der Waals surface area contributed by atoms with E-state index in [4.69, 9.17) is 0 Å². The zero-order valence-corrected chi connectivity index (χ0v) is 17.8. The summed E-state index contributed by atoms with van der Waals surface area (Å²) >= 11 is 1.71. The van der Waals surface area contributed by atoms with Crippen molar-refractivity contribution in [3.63, 3.8) is 0 Å². The van der Waals surface area contributed by atoms with E-state index in [9.17, 15) is 4.79 Å². The molecule has 0 bridgehead atoms. The van der Waals surface area contributed by atoms with Crippen molar-refractivity contribution in [1.29, 1.82) is 0 Å². The van der Waals surface area contributed by atoms with Crippen LogP contribution in [0.25, 0.3) is 15.9 Å². The highest BCUT2D eigenvalue weighted by atomic mass is 32.1. The van der Waals surface area contributed by atoms with Gasteiger partial charge in [-0.25, -0.2) is 9.97 Å². The van der Waals surface area contributed by atoms with Crippen LogP contribution in [-0.4, -0.2) is 43.6 Å². The predicted molar refractivity (Wildman–Crippen MR) is 117 cm³/mol. The summed E-state index contributed by atoms with van der Waals surface area (Å²) in [7, 11) is 0. The van der Waals surface area contributed by atoms with E-state index < -0.39 is 0 Å². The summed E-state index contributed by atoms with van der Waals surface area (Å²) in [5.41, 5.74) is 2.04. The second kappa shape index (κ2) is 7.64. The molecule has 0 aromatic carbocycles. The Morgan fingerprint density at radius 2 is 2.03 bits per heavy atom. The highest BCUT2D eigenvalue weighted by Crippen LogP contribution is 2.35. The van der Waals surface area contributed by atoms with Gasteiger partial charge in [0.1, 0.15) is 17.0 Å². The minimum absolute atomic E-state index is 0.00284. The number of aryl methyl sites for hydroxylation is 2. The third kappa shape index (κ3) is 3.28. The number of anilines is 1. The average molecular weight is 422 g/mol. The Labute approximate surface area is 178 Å². The number of carbonyl (C=O) groups is 1. The Hall–Kier alpha value is -3.07. The van der Waals surface area contributed by atoms with Gasteiger partial charge in [0.05, 0.1) is 11.9 Å². The van der Waals surface area contributed by atoms with Crippen LogP contribution in [0.4, 0.5) is 5.82 Å². The van der Waals surface area contributed by atoms with E-state index in [1.54, 1.807) is 17.7 Å². The van der Waals surface area contributed by atoms with E-state index in [1.165, 1.54) is 10.4 Å². The number of amides is 1. The topological polar surface area (TPSA) is 88.3 Å². The lowest BCUT2D eigenvalue weighted by molar-refractivity contribution is -0.125. The molecular formula is C21H23N7OS. The third-order valence-electron chi connectivity index (χ3n) is 5.92. The standard InChI is InChI=1S/C21H23N7OS/c1-13-14(2)30-21-18(13)19(23-12-24-21)27-9-6-15(7-10-27)20(29)22-11-17-26-25-16-5-3-4-8-28(16)17/h3-5,8,12,15H,6-7,9-11H2,1-2H3,(H,22,29). The number of hydrogen-bond donors (Lipinski definition) is 1. The van der Waals surface area contributed by atoms with Gasteiger partial charge in [-0.15, -0.1) is 21.5 Å². The fraction of sp³-hybridized carbons (Fsp3) is 0.381. The van der Waals surface area contributed by atoms with Gasteiger partial charge in [-0.3, -0.25) is 9.20 Å². The van der Waals surface area contributed by atoms with Crippen LogP contribution in [0, 0.1) is 19.8 Å². The van der Waals surface area contributed by atoms with Crippen molar-refractivity contribution in [1.82, 2.24) is 29.9 Å². The normalized spacial score (nSPS) is 15.2. The number of pyridine rings is 1. The molecule has 5 heterocycles. The van der Waals surface area contributed by atoms with Crippen molar-refractivity contribution >= 4 is 38.9 Å². The summed E-state index contributed by atoms with van der Waals surface area (Å²) in [6.07, 6.45) is 5.17. The first kappa shape index (κ1) is 18.9. The number of thiophene rings is 1. The summed E-state index contributed by atoms with van der Waals surface area (Å²) in [4.78, 5) is 26.4. The molecule has 0 spiro atoms. The zero-order valence-electron chi connectivity index (χ0n) is 17.0. The van der Waals surface area contributed by atoms with E-state index in [0.29, 0.717) is 6.54 Å². The van der Waals surface area contributed by atoms with E-state index in [2.05, 4.69) is 44.2 Å². The molecule has 0 unspecified atom stereocenters. The number of nitrogens with zero attached hydrogens (tertiary/aromatic N) is 6. The van der Waals surface area contributed by atoms with Gasteiger partial charge in [0.25, 0.3) is 0 Å². The fourth-order valence-electron chi connectivity index (χ4n) is 4.08. The summed E-state index contributed by atoms with van der Waals surface area (Å²) in [6.45, 7) is 6.26. The molecule has 0 atom stereocenters. The summed E-state index contributed by atoms with van der Waals surface area (Å²) in [5.74, 6) is 1.82. The SMILES string of the molecule is Cc1sc2ncnc(N3CCC(C(=O)NCc4nnc5ccccn45)CC3)c2c1C. The average Bonchev–Trinajstić information content (AvgIpc) is 3.32. The van der Waals surface area contributed by atoms with Crippen LogP contribution in [0.3, 0.4) is 0 Å². The molecule has 1 N–H and O–H groups in total. The van der Waals surface area contributed by atoms with E-state index >= 15 is 0 Å². The summed E-state index contributed by atoms with van der Waals surface area (Å²) in [5, 5.41) is 12.5. The van der Waals surface area contributed by atoms with Gasteiger partial charge in [-0.2, -0.15) is 0 Å². The molecule has 154 valence electrons. The molecule has 1 aliphatic rings. The molecule has 1 fully saturated rings. The highest BCUT2D eigenvalue weighted by molar-refractivity contribution is 7.18.